The van der Waals surface area contributed by atoms with Gasteiger partial charge in [0.1, 0.15) is 0 Å². The average Bonchev–Trinajstić information content (AvgIpc) is 2.61. The van der Waals surface area contributed by atoms with Crippen molar-refractivity contribution < 1.29 is 4.74 Å². The summed E-state index contributed by atoms with van der Waals surface area (Å²) < 4.78 is 5.47. The van der Waals surface area contributed by atoms with Gasteiger partial charge in [0, 0.05) is 11.4 Å². The van der Waals surface area contributed by atoms with Crippen molar-refractivity contribution in [3.63, 3.8) is 0 Å². The summed E-state index contributed by atoms with van der Waals surface area (Å²) in [4.78, 5) is 0.640. The highest BCUT2D eigenvalue weighted by atomic mass is 79.9. The summed E-state index contributed by atoms with van der Waals surface area (Å²) in [6.07, 6.45) is 2.30. The first-order chi connectivity index (χ1) is 6.36. The molecule has 1 fully saturated rings. The molecule has 2 unspecified atom stereocenters. The Balaban J connectivity index is 1.93. The molecule has 1 saturated heterocycles. The van der Waals surface area contributed by atoms with Crippen molar-refractivity contribution in [3.05, 3.63) is 22.4 Å². The second kappa shape index (κ2) is 4.58. The lowest BCUT2D eigenvalue weighted by Crippen LogP contribution is -2.29. The molecule has 1 aliphatic rings. The topological polar surface area (TPSA) is 9.23 Å². The van der Waals surface area contributed by atoms with Crippen LogP contribution in [-0.2, 0) is 11.2 Å². The number of alkyl halides is 1. The second-order valence-electron chi connectivity index (χ2n) is 3.48. The van der Waals surface area contributed by atoms with Gasteiger partial charge in [-0.05, 0) is 41.1 Å². The van der Waals surface area contributed by atoms with E-state index in [9.17, 15) is 0 Å². The third kappa shape index (κ3) is 2.55. The van der Waals surface area contributed by atoms with E-state index < -0.39 is 0 Å². The molecule has 1 aromatic rings. The maximum Gasteiger partial charge on any atom is 0.0508 e. The summed E-state index contributed by atoms with van der Waals surface area (Å²) >= 11 is 5.50. The highest BCUT2D eigenvalue weighted by Gasteiger charge is 2.23. The quantitative estimate of drug-likeness (QED) is 0.743. The molecule has 13 heavy (non-hydrogen) atoms. The van der Waals surface area contributed by atoms with Crippen LogP contribution in [0.2, 0.25) is 0 Å². The molecule has 3 heteroatoms. The monoisotopic (exact) mass is 260 g/mol. The molecule has 0 aliphatic carbocycles. The minimum Gasteiger partial charge on any atom is -0.381 e. The lowest BCUT2D eigenvalue weighted by atomic mass is 9.95. The van der Waals surface area contributed by atoms with Gasteiger partial charge < -0.3 is 4.74 Å². The third-order valence-corrected chi connectivity index (χ3v) is 4.40. The Morgan fingerprint density at radius 1 is 1.62 bits per heavy atom. The summed E-state index contributed by atoms with van der Waals surface area (Å²) in [5.41, 5.74) is 1.45. The maximum absolute atomic E-state index is 5.47. The molecule has 0 radical (unpaired) electrons. The fourth-order valence-electron chi connectivity index (χ4n) is 1.67. The van der Waals surface area contributed by atoms with Crippen molar-refractivity contribution in [1.82, 2.24) is 0 Å². The molecule has 2 atom stereocenters. The summed E-state index contributed by atoms with van der Waals surface area (Å²) in [6.45, 7) is 1.82. The Bertz CT molecular complexity index is 247. The van der Waals surface area contributed by atoms with Crippen LogP contribution < -0.4 is 0 Å². The van der Waals surface area contributed by atoms with Crippen molar-refractivity contribution in [3.8, 4) is 0 Å². The van der Waals surface area contributed by atoms with Crippen LogP contribution in [0.15, 0.2) is 16.8 Å². The van der Waals surface area contributed by atoms with Gasteiger partial charge >= 0.3 is 0 Å². The fourth-order valence-corrected chi connectivity index (χ4v) is 2.88. The van der Waals surface area contributed by atoms with E-state index in [1.165, 1.54) is 5.56 Å². The Labute approximate surface area is 91.2 Å². The van der Waals surface area contributed by atoms with Gasteiger partial charge in [-0.3, -0.25) is 0 Å². The van der Waals surface area contributed by atoms with Gasteiger partial charge in [-0.1, -0.05) is 15.9 Å². The molecule has 2 rings (SSSR count). The summed E-state index contributed by atoms with van der Waals surface area (Å²) in [5.74, 6) is 0.656. The third-order valence-electron chi connectivity index (χ3n) is 2.46. The molecule has 0 aromatic carbocycles. The standard InChI is InChI=1S/C10H13BrOS/c11-10-1-3-12-6-9(10)5-8-2-4-13-7-8/h2,4,7,9-10H,1,3,5-6H2. The van der Waals surface area contributed by atoms with Crippen molar-refractivity contribution >= 4 is 27.3 Å². The molecule has 0 spiro atoms. The number of rotatable bonds is 2. The normalized spacial score (nSPS) is 29.0. The number of halogens is 1. The van der Waals surface area contributed by atoms with Gasteiger partial charge in [-0.15, -0.1) is 0 Å². The molecule has 72 valence electrons. The van der Waals surface area contributed by atoms with Crippen molar-refractivity contribution in [2.75, 3.05) is 13.2 Å². The number of hydrogen-bond donors (Lipinski definition) is 0. The van der Waals surface area contributed by atoms with Gasteiger partial charge in [0.15, 0.2) is 0 Å². The summed E-state index contributed by atoms with van der Waals surface area (Å²) in [5, 5.41) is 4.37. The van der Waals surface area contributed by atoms with E-state index in [0.717, 1.165) is 26.1 Å². The van der Waals surface area contributed by atoms with Crippen molar-refractivity contribution in [2.45, 2.75) is 17.7 Å². The van der Waals surface area contributed by atoms with Crippen LogP contribution in [-0.4, -0.2) is 18.0 Å². The zero-order chi connectivity index (χ0) is 9.10. The van der Waals surface area contributed by atoms with Crippen molar-refractivity contribution in [2.24, 2.45) is 5.92 Å². The minimum atomic E-state index is 0.640. The zero-order valence-electron chi connectivity index (χ0n) is 7.41. The molecule has 1 aromatic heterocycles. The molecule has 0 bridgehead atoms. The smallest absolute Gasteiger partial charge is 0.0508 e. The fraction of sp³-hybridized carbons (Fsp3) is 0.600. The van der Waals surface area contributed by atoms with Gasteiger partial charge in [-0.2, -0.15) is 11.3 Å². The lowest BCUT2D eigenvalue weighted by Gasteiger charge is -2.27. The van der Waals surface area contributed by atoms with Crippen LogP contribution in [0.3, 0.4) is 0 Å². The summed E-state index contributed by atoms with van der Waals surface area (Å²) in [6, 6.07) is 2.21. The highest BCUT2D eigenvalue weighted by Crippen LogP contribution is 2.26. The predicted octanol–water partition coefficient (Wildman–Crippen LogP) is 3.09. The van der Waals surface area contributed by atoms with E-state index in [4.69, 9.17) is 4.74 Å². The highest BCUT2D eigenvalue weighted by molar-refractivity contribution is 9.09. The lowest BCUT2D eigenvalue weighted by molar-refractivity contribution is 0.0606. The van der Waals surface area contributed by atoms with Gasteiger partial charge in [0.05, 0.1) is 6.61 Å². The van der Waals surface area contributed by atoms with E-state index in [1.54, 1.807) is 11.3 Å². The number of hydrogen-bond acceptors (Lipinski definition) is 2. The van der Waals surface area contributed by atoms with Crippen LogP contribution in [0, 0.1) is 5.92 Å². The summed E-state index contributed by atoms with van der Waals surface area (Å²) in [7, 11) is 0. The molecule has 1 aliphatic heterocycles. The van der Waals surface area contributed by atoms with E-state index in [2.05, 4.69) is 32.8 Å². The van der Waals surface area contributed by atoms with Crippen molar-refractivity contribution in [1.29, 1.82) is 0 Å². The second-order valence-corrected chi connectivity index (χ2v) is 5.43. The van der Waals surface area contributed by atoms with Crippen LogP contribution >= 0.6 is 27.3 Å². The molecule has 0 amide bonds. The molecular formula is C10H13BrOS. The molecule has 0 N–H and O–H groups in total. The van der Waals surface area contributed by atoms with Gasteiger partial charge in [0.2, 0.25) is 0 Å². The first kappa shape index (κ1) is 9.69. The Morgan fingerprint density at radius 3 is 3.23 bits per heavy atom. The first-order valence-electron chi connectivity index (χ1n) is 4.59. The van der Waals surface area contributed by atoms with E-state index in [1.807, 2.05) is 0 Å². The van der Waals surface area contributed by atoms with Crippen LogP contribution in [0.1, 0.15) is 12.0 Å². The number of thiophene rings is 1. The van der Waals surface area contributed by atoms with E-state index >= 15 is 0 Å². The van der Waals surface area contributed by atoms with Crippen LogP contribution in [0.5, 0.6) is 0 Å². The molecular weight excluding hydrogens is 248 g/mol. The van der Waals surface area contributed by atoms with Crippen LogP contribution in [0.25, 0.3) is 0 Å². The molecule has 1 nitrogen and oxygen atoms in total. The van der Waals surface area contributed by atoms with Crippen LogP contribution in [0.4, 0.5) is 0 Å². The zero-order valence-corrected chi connectivity index (χ0v) is 9.81. The predicted molar refractivity (Wildman–Crippen MR) is 59.7 cm³/mol. The van der Waals surface area contributed by atoms with Gasteiger partial charge in [0.25, 0.3) is 0 Å². The largest absolute Gasteiger partial charge is 0.381 e. The molecule has 0 saturated carbocycles. The number of ether oxygens (including phenoxy) is 1. The van der Waals surface area contributed by atoms with E-state index in [0.29, 0.717) is 10.7 Å². The van der Waals surface area contributed by atoms with Gasteiger partial charge in [-0.25, -0.2) is 0 Å². The average molecular weight is 261 g/mol. The SMILES string of the molecule is BrC1CCOCC1Cc1ccsc1. The Kier molecular flexibility index (Phi) is 3.41. The minimum absolute atomic E-state index is 0.640. The van der Waals surface area contributed by atoms with E-state index in [-0.39, 0.29) is 0 Å². The Hall–Kier alpha value is 0.140. The molecule has 2 heterocycles. The first-order valence-corrected chi connectivity index (χ1v) is 6.45. The Morgan fingerprint density at radius 2 is 2.54 bits per heavy atom. The maximum atomic E-state index is 5.47.